The van der Waals surface area contributed by atoms with Crippen molar-refractivity contribution in [3.05, 3.63) is 222 Å². The number of phenols is 3. The molecule has 444 valence electrons. The van der Waals surface area contributed by atoms with Crippen molar-refractivity contribution < 1.29 is 29.7 Å². The van der Waals surface area contributed by atoms with E-state index in [1.54, 1.807) is 103 Å². The molecule has 0 fully saturated rings. The highest BCUT2D eigenvalue weighted by Gasteiger charge is 2.26. The lowest BCUT2D eigenvalue weighted by Gasteiger charge is -2.16. The molecule has 0 aliphatic carbocycles. The smallest absolute Gasteiger partial charge is 0.259 e. The largest absolute Gasteiger partial charge is 0.505 e. The van der Waals surface area contributed by atoms with Crippen LogP contribution in [-0.4, -0.2) is 87.3 Å². The standard InChI is InChI=1S/C64H37N23O6/c65-29-38-32-73-85(50-17-7-8-18-68-50)57(38)82-79-51-44-14-4-1-11-35(44)23-47(54(51)88)60(91)76-41-26-42(77-61(92)48-24-36-12-2-5-15-45(36)52(55(48)89)80-83-58-39(30-66)33-74-86(58)63-69-19-9-20-70-63)28-43(27-41)78-62(93)49-25-37-13-3-6-16-46(37)53(56(49)90)81-84-59-40(31-67)34-75-87(59)64-71-21-10-22-72-64/h1-28,32-34,88-90H,(H,76,91)(H,77,92)(H,78,93)/b82-79+,83-80+,84-81+. The fraction of sp³-hybridized carbons (Fsp3) is 0. The van der Waals surface area contributed by atoms with E-state index in [1.165, 1.54) is 100 Å². The number of rotatable bonds is 15. The van der Waals surface area contributed by atoms with Gasteiger partial charge in [-0.3, -0.25) is 14.4 Å². The molecule has 6 heterocycles. The predicted molar refractivity (Wildman–Crippen MR) is 333 cm³/mol. The number of fused-ring (bicyclic) bond motifs is 3. The number of carbonyl (C=O) groups excluding carboxylic acids is 3. The van der Waals surface area contributed by atoms with Gasteiger partial charge in [0.25, 0.3) is 29.6 Å². The number of nitriles is 3. The minimum Gasteiger partial charge on any atom is -0.505 e. The molecule has 93 heavy (non-hydrogen) atoms. The van der Waals surface area contributed by atoms with Gasteiger partial charge in [-0.25, -0.2) is 24.9 Å². The molecular weight excluding hydrogens is 1190 g/mol. The Morgan fingerprint density at radius 2 is 0.710 bits per heavy atom. The number of hydrogen-bond donors (Lipinski definition) is 6. The molecule has 0 saturated carbocycles. The van der Waals surface area contributed by atoms with Gasteiger partial charge >= 0.3 is 0 Å². The van der Waals surface area contributed by atoms with E-state index in [2.05, 4.69) is 86.9 Å². The van der Waals surface area contributed by atoms with Crippen molar-refractivity contribution in [1.82, 2.24) is 54.3 Å². The van der Waals surface area contributed by atoms with E-state index in [4.69, 9.17) is 0 Å². The van der Waals surface area contributed by atoms with E-state index in [9.17, 15) is 45.5 Å². The summed E-state index contributed by atoms with van der Waals surface area (Å²) in [6.45, 7) is 0. The maximum absolute atomic E-state index is 14.8. The average Bonchev–Trinajstić information content (AvgIpc) is 1.64. The van der Waals surface area contributed by atoms with Gasteiger partial charge in [0.05, 0.1) is 35.3 Å². The Hall–Kier alpha value is -14.7. The molecule has 6 N–H and O–H groups in total. The molecule has 0 bridgehead atoms. The summed E-state index contributed by atoms with van der Waals surface area (Å²) in [5.74, 6) is -4.41. The van der Waals surface area contributed by atoms with Crippen molar-refractivity contribution in [3.8, 4) is 53.2 Å². The van der Waals surface area contributed by atoms with Crippen molar-refractivity contribution in [2.45, 2.75) is 0 Å². The average molecular weight is 1220 g/mol. The number of nitrogens with one attached hydrogen (secondary N) is 3. The molecule has 7 aromatic carbocycles. The van der Waals surface area contributed by atoms with Gasteiger partial charge in [0.15, 0.2) is 40.5 Å². The molecule has 0 spiro atoms. The Kier molecular flexibility index (Phi) is 15.2. The second-order valence-electron chi connectivity index (χ2n) is 19.8. The van der Waals surface area contributed by atoms with Crippen molar-refractivity contribution in [3.63, 3.8) is 0 Å². The number of carbonyl (C=O) groups is 3. The summed E-state index contributed by atoms with van der Waals surface area (Å²) < 4.78 is 3.65. The number of aromatic hydroxyl groups is 3. The molecule has 0 aliphatic heterocycles. The van der Waals surface area contributed by atoms with E-state index in [1.807, 2.05) is 18.2 Å². The molecule has 0 aliphatic rings. The summed E-state index contributed by atoms with van der Waals surface area (Å²) in [5, 5.41) is 115. The number of nitrogens with zero attached hydrogens (tertiary/aromatic N) is 20. The van der Waals surface area contributed by atoms with E-state index >= 15 is 0 Å². The second-order valence-corrected chi connectivity index (χ2v) is 19.8. The van der Waals surface area contributed by atoms with E-state index in [0.29, 0.717) is 38.1 Å². The summed E-state index contributed by atoms with van der Waals surface area (Å²) in [5.41, 5.74) is -1.70. The first-order valence-corrected chi connectivity index (χ1v) is 27.5. The number of azo groups is 3. The summed E-state index contributed by atoms with van der Waals surface area (Å²) in [6.07, 6.45) is 11.2. The number of anilines is 3. The number of pyridine rings is 1. The van der Waals surface area contributed by atoms with Crippen LogP contribution in [0.2, 0.25) is 0 Å². The third-order valence-corrected chi connectivity index (χ3v) is 14.1. The van der Waals surface area contributed by atoms with Crippen LogP contribution in [0, 0.1) is 34.0 Å². The Bertz CT molecular complexity index is 4870. The Morgan fingerprint density at radius 1 is 0.387 bits per heavy atom. The monoisotopic (exact) mass is 1220 g/mol. The lowest BCUT2D eigenvalue weighted by Crippen LogP contribution is -2.16. The number of amides is 3. The predicted octanol–water partition coefficient (Wildman–Crippen LogP) is 12.4. The van der Waals surface area contributed by atoms with Gasteiger partial charge in [0, 0.05) is 64.2 Å². The molecule has 13 rings (SSSR count). The number of hydrogen-bond acceptors (Lipinski definition) is 23. The van der Waals surface area contributed by atoms with Crippen molar-refractivity contribution in [2.75, 3.05) is 16.0 Å². The number of benzene rings is 7. The number of aromatic nitrogens is 11. The van der Waals surface area contributed by atoms with Crippen LogP contribution in [0.1, 0.15) is 47.8 Å². The van der Waals surface area contributed by atoms with Crippen LogP contribution in [-0.2, 0) is 0 Å². The molecule has 0 unspecified atom stereocenters. The zero-order valence-corrected chi connectivity index (χ0v) is 47.4. The topological polar surface area (TPSA) is 411 Å². The summed E-state index contributed by atoms with van der Waals surface area (Å²) >= 11 is 0. The first-order valence-electron chi connectivity index (χ1n) is 27.5. The summed E-state index contributed by atoms with van der Waals surface area (Å²) in [6, 6.07) is 42.6. The van der Waals surface area contributed by atoms with E-state index in [0.717, 1.165) is 0 Å². The van der Waals surface area contributed by atoms with E-state index in [-0.39, 0.29) is 96.9 Å². The van der Waals surface area contributed by atoms with Gasteiger partial charge in [-0.05, 0) is 76.8 Å². The molecule has 3 amide bonds. The molecule has 0 saturated heterocycles. The third-order valence-electron chi connectivity index (χ3n) is 14.1. The highest BCUT2D eigenvalue weighted by Crippen LogP contribution is 2.44. The lowest BCUT2D eigenvalue weighted by atomic mass is 10.0. The van der Waals surface area contributed by atoms with Crippen LogP contribution >= 0.6 is 0 Å². The first kappa shape index (κ1) is 57.4. The molecule has 6 aromatic heterocycles. The van der Waals surface area contributed by atoms with Crippen LogP contribution < -0.4 is 16.0 Å². The van der Waals surface area contributed by atoms with Gasteiger partial charge in [0.1, 0.15) is 52.0 Å². The van der Waals surface area contributed by atoms with Crippen LogP contribution in [0.3, 0.4) is 0 Å². The van der Waals surface area contributed by atoms with Gasteiger partial charge in [-0.1, -0.05) is 78.9 Å². The molecule has 29 heteroatoms. The first-order chi connectivity index (χ1) is 45.5. The van der Waals surface area contributed by atoms with Crippen LogP contribution in [0.25, 0.3) is 50.0 Å². The van der Waals surface area contributed by atoms with Crippen LogP contribution in [0.5, 0.6) is 17.2 Å². The second kappa shape index (κ2) is 24.6. The molecular formula is C64H37N23O6. The zero-order chi connectivity index (χ0) is 64.1. The minimum absolute atomic E-state index is 0.00642. The van der Waals surface area contributed by atoms with Gasteiger partial charge in [0.2, 0.25) is 0 Å². The number of phenolic OH excluding ortho intramolecular Hbond substituents is 3. The van der Waals surface area contributed by atoms with Crippen molar-refractivity contribution in [2.24, 2.45) is 30.7 Å². The quantitative estimate of drug-likeness (QED) is 0.0519. The third kappa shape index (κ3) is 11.2. The van der Waals surface area contributed by atoms with E-state index < -0.39 is 35.0 Å². The van der Waals surface area contributed by atoms with Gasteiger partial charge < -0.3 is 31.3 Å². The Morgan fingerprint density at radius 3 is 1.05 bits per heavy atom. The fourth-order valence-corrected chi connectivity index (χ4v) is 9.80. The minimum atomic E-state index is -0.927. The van der Waals surface area contributed by atoms with Gasteiger partial charge in [-0.2, -0.15) is 45.1 Å². The highest BCUT2D eigenvalue weighted by molar-refractivity contribution is 6.16. The molecule has 0 atom stereocenters. The highest BCUT2D eigenvalue weighted by atomic mass is 16.3. The van der Waals surface area contributed by atoms with Crippen molar-refractivity contribution >= 4 is 102 Å². The maximum Gasteiger partial charge on any atom is 0.259 e. The summed E-state index contributed by atoms with van der Waals surface area (Å²) in [4.78, 5) is 65.3. The summed E-state index contributed by atoms with van der Waals surface area (Å²) in [7, 11) is 0. The van der Waals surface area contributed by atoms with Gasteiger partial charge in [-0.15, -0.1) is 30.7 Å². The van der Waals surface area contributed by atoms with Crippen LogP contribution in [0.15, 0.2) is 220 Å². The molecule has 0 radical (unpaired) electrons. The lowest BCUT2D eigenvalue weighted by molar-refractivity contribution is 0.101. The maximum atomic E-state index is 14.8. The Balaban J connectivity index is 0.885. The molecule has 29 nitrogen and oxygen atoms in total. The SMILES string of the molecule is N#Cc1cnn(-c2ccccn2)c1/N=N/c1c(O)c(C(=O)Nc2cc(NC(=O)c3cc4ccccc4c(/N=N/c4c(C#N)cnn4-c4ncccn4)c3O)cc(NC(=O)c3cc4ccccc4c(/N=N/c4c(C#N)cnn4-c4ncccn4)c3O)c2)cc2ccccc12. The Labute approximate surface area is 521 Å². The fourth-order valence-electron chi connectivity index (χ4n) is 9.80. The zero-order valence-electron chi connectivity index (χ0n) is 47.4. The normalized spacial score (nSPS) is 11.3. The molecule has 13 aromatic rings. The van der Waals surface area contributed by atoms with Crippen molar-refractivity contribution in [1.29, 1.82) is 15.8 Å². The van der Waals surface area contributed by atoms with Crippen LogP contribution in [0.4, 0.5) is 51.6 Å².